The van der Waals surface area contributed by atoms with Crippen molar-refractivity contribution in [3.63, 3.8) is 0 Å². The van der Waals surface area contributed by atoms with E-state index in [0.717, 1.165) is 7.11 Å². The highest BCUT2D eigenvalue weighted by molar-refractivity contribution is 5.93. The first-order chi connectivity index (χ1) is 8.28. The number of rotatable bonds is 3. The van der Waals surface area contributed by atoms with Crippen LogP contribution in [-0.4, -0.2) is 24.4 Å². The number of esters is 1. The Balaban J connectivity index is 3.42. The van der Waals surface area contributed by atoms with Crippen LogP contribution in [0.25, 0.3) is 0 Å². The molecule has 0 radical (unpaired) electrons. The number of pyridine rings is 1. The van der Waals surface area contributed by atoms with Crippen LogP contribution in [0.3, 0.4) is 0 Å². The Morgan fingerprint density at radius 3 is 2.50 bits per heavy atom. The zero-order valence-corrected chi connectivity index (χ0v) is 8.93. The molecule has 0 saturated heterocycles. The van der Waals surface area contributed by atoms with Crippen LogP contribution < -0.4 is 10.3 Å². The normalized spacial score (nSPS) is 11.2. The zero-order chi connectivity index (χ0) is 13.9. The third-order valence-corrected chi connectivity index (χ3v) is 1.83. The van der Waals surface area contributed by atoms with Gasteiger partial charge in [-0.25, -0.2) is 9.18 Å². The van der Waals surface area contributed by atoms with E-state index in [1.54, 1.807) is 0 Å². The number of carbonyl (C=O) groups is 1. The lowest BCUT2D eigenvalue weighted by Gasteiger charge is -2.13. The molecule has 0 spiro atoms. The number of hydrogen-bond acceptors (Lipinski definition) is 4. The van der Waals surface area contributed by atoms with E-state index in [4.69, 9.17) is 0 Å². The van der Waals surface area contributed by atoms with Gasteiger partial charge in [-0.15, -0.1) is 13.2 Å². The van der Waals surface area contributed by atoms with Crippen molar-refractivity contribution >= 4 is 5.97 Å². The van der Waals surface area contributed by atoms with Gasteiger partial charge in [-0.2, -0.15) is 0 Å². The third-order valence-electron chi connectivity index (χ3n) is 1.83. The fraction of sp³-hybridized carbons (Fsp3) is 0.333. The Labute approximate surface area is 97.3 Å². The Morgan fingerprint density at radius 2 is 2.06 bits per heavy atom. The molecule has 1 rings (SSSR count). The van der Waals surface area contributed by atoms with Gasteiger partial charge in [-0.05, 0) is 0 Å². The van der Waals surface area contributed by atoms with Gasteiger partial charge in [0.2, 0.25) is 0 Å². The number of aromatic amines is 1. The Kier molecular flexibility index (Phi) is 3.94. The summed E-state index contributed by atoms with van der Waals surface area (Å²) in [5.41, 5.74) is -2.49. The van der Waals surface area contributed by atoms with Crippen molar-refractivity contribution in [3.05, 3.63) is 27.7 Å². The molecule has 0 aliphatic rings. The number of carbonyl (C=O) groups excluding carboxylic acids is 1. The molecular formula is C9H7F4NO4. The molecule has 5 nitrogen and oxygen atoms in total. The van der Waals surface area contributed by atoms with E-state index < -0.39 is 41.6 Å². The minimum atomic E-state index is -5.12. The van der Waals surface area contributed by atoms with Crippen molar-refractivity contribution in [2.75, 3.05) is 7.11 Å². The standard InChI is InChI=1S/C9H7F4NO4/c1-17-8(16)7-4(3-10)14-6(15)2-5(7)18-9(11,12)13/h2H,3H2,1H3,(H,14,15). The molecule has 0 fully saturated rings. The van der Waals surface area contributed by atoms with Crippen LogP contribution in [-0.2, 0) is 11.4 Å². The van der Waals surface area contributed by atoms with E-state index in [2.05, 4.69) is 9.47 Å². The molecule has 0 unspecified atom stereocenters. The van der Waals surface area contributed by atoms with Gasteiger partial charge in [0.05, 0.1) is 12.8 Å². The van der Waals surface area contributed by atoms with Crippen LogP contribution in [0.15, 0.2) is 10.9 Å². The van der Waals surface area contributed by atoms with Crippen LogP contribution >= 0.6 is 0 Å². The first-order valence-electron chi connectivity index (χ1n) is 4.44. The largest absolute Gasteiger partial charge is 0.573 e. The van der Waals surface area contributed by atoms with Gasteiger partial charge in [0.25, 0.3) is 5.56 Å². The maximum absolute atomic E-state index is 12.6. The van der Waals surface area contributed by atoms with Crippen molar-refractivity contribution in [1.29, 1.82) is 0 Å². The number of ether oxygens (including phenoxy) is 2. The van der Waals surface area contributed by atoms with Crippen molar-refractivity contribution in [2.24, 2.45) is 0 Å². The minimum absolute atomic E-state index is 0.388. The predicted octanol–water partition coefficient (Wildman–Crippen LogP) is 1.53. The maximum atomic E-state index is 12.6. The van der Waals surface area contributed by atoms with Gasteiger partial charge in [0, 0.05) is 6.07 Å². The molecule has 1 aromatic rings. The van der Waals surface area contributed by atoms with Crippen LogP contribution in [0.2, 0.25) is 0 Å². The number of halogens is 4. The highest BCUT2D eigenvalue weighted by Gasteiger charge is 2.34. The van der Waals surface area contributed by atoms with E-state index in [1.165, 1.54) is 0 Å². The van der Waals surface area contributed by atoms with Gasteiger partial charge in [-0.1, -0.05) is 0 Å². The third kappa shape index (κ3) is 3.22. The molecular weight excluding hydrogens is 262 g/mol. The Morgan fingerprint density at radius 1 is 1.44 bits per heavy atom. The van der Waals surface area contributed by atoms with Gasteiger partial charge < -0.3 is 14.5 Å². The molecule has 0 atom stereocenters. The molecule has 0 saturated carbocycles. The first kappa shape index (κ1) is 14.0. The molecule has 0 aromatic carbocycles. The van der Waals surface area contributed by atoms with E-state index in [-0.39, 0.29) is 0 Å². The second-order valence-corrected chi connectivity index (χ2v) is 3.02. The molecule has 0 amide bonds. The summed E-state index contributed by atoms with van der Waals surface area (Å²) < 4.78 is 56.5. The summed E-state index contributed by atoms with van der Waals surface area (Å²) in [6.07, 6.45) is -5.12. The number of hydrogen-bond donors (Lipinski definition) is 1. The molecule has 100 valence electrons. The molecule has 0 bridgehead atoms. The fourth-order valence-electron chi connectivity index (χ4n) is 1.22. The number of H-pyrrole nitrogens is 1. The average molecular weight is 269 g/mol. The highest BCUT2D eigenvalue weighted by atomic mass is 19.4. The number of methoxy groups -OCH3 is 1. The highest BCUT2D eigenvalue weighted by Crippen LogP contribution is 2.27. The summed E-state index contributed by atoms with van der Waals surface area (Å²) >= 11 is 0. The number of aromatic nitrogens is 1. The summed E-state index contributed by atoms with van der Waals surface area (Å²) in [4.78, 5) is 24.1. The molecule has 0 aliphatic heterocycles. The second kappa shape index (κ2) is 5.07. The molecule has 1 N–H and O–H groups in total. The molecule has 9 heteroatoms. The number of alkyl halides is 4. The van der Waals surface area contributed by atoms with Crippen LogP contribution in [0.1, 0.15) is 16.1 Å². The average Bonchev–Trinajstić information content (AvgIpc) is 2.25. The summed E-state index contributed by atoms with van der Waals surface area (Å²) in [6, 6.07) is 0.388. The van der Waals surface area contributed by atoms with E-state index >= 15 is 0 Å². The summed E-state index contributed by atoms with van der Waals surface area (Å²) in [5, 5.41) is 0. The summed E-state index contributed by atoms with van der Waals surface area (Å²) in [5.74, 6) is -2.36. The minimum Gasteiger partial charge on any atom is -0.465 e. The van der Waals surface area contributed by atoms with Crippen molar-refractivity contribution in [2.45, 2.75) is 13.0 Å². The topological polar surface area (TPSA) is 68.4 Å². The maximum Gasteiger partial charge on any atom is 0.573 e. The van der Waals surface area contributed by atoms with Gasteiger partial charge >= 0.3 is 12.3 Å². The van der Waals surface area contributed by atoms with Crippen molar-refractivity contribution in [3.8, 4) is 5.75 Å². The van der Waals surface area contributed by atoms with Crippen LogP contribution in [0.4, 0.5) is 17.6 Å². The zero-order valence-electron chi connectivity index (χ0n) is 8.93. The van der Waals surface area contributed by atoms with E-state index in [0.29, 0.717) is 6.07 Å². The lowest BCUT2D eigenvalue weighted by atomic mass is 10.2. The lowest BCUT2D eigenvalue weighted by molar-refractivity contribution is -0.274. The van der Waals surface area contributed by atoms with E-state index in [1.807, 2.05) is 4.98 Å². The van der Waals surface area contributed by atoms with Crippen molar-refractivity contribution in [1.82, 2.24) is 4.98 Å². The van der Waals surface area contributed by atoms with Gasteiger partial charge in [0.15, 0.2) is 5.75 Å². The second-order valence-electron chi connectivity index (χ2n) is 3.02. The van der Waals surface area contributed by atoms with Crippen molar-refractivity contribution < 1.29 is 31.8 Å². The molecule has 1 aromatic heterocycles. The molecule has 0 aliphatic carbocycles. The first-order valence-corrected chi connectivity index (χ1v) is 4.44. The Bertz CT molecular complexity index is 508. The van der Waals surface area contributed by atoms with Crippen LogP contribution in [0.5, 0.6) is 5.75 Å². The summed E-state index contributed by atoms with van der Waals surface area (Å²) in [6.45, 7) is -1.35. The lowest BCUT2D eigenvalue weighted by Crippen LogP contribution is -2.23. The fourth-order valence-corrected chi connectivity index (χ4v) is 1.22. The molecule has 18 heavy (non-hydrogen) atoms. The van der Waals surface area contributed by atoms with E-state index in [9.17, 15) is 27.2 Å². The van der Waals surface area contributed by atoms with Crippen LogP contribution in [0, 0.1) is 0 Å². The molecule has 1 heterocycles. The van der Waals surface area contributed by atoms with Gasteiger partial charge in [0.1, 0.15) is 12.2 Å². The smallest absolute Gasteiger partial charge is 0.465 e. The quantitative estimate of drug-likeness (QED) is 0.667. The Hall–Kier alpha value is -2.06. The summed E-state index contributed by atoms with van der Waals surface area (Å²) in [7, 11) is 0.896. The SMILES string of the molecule is COC(=O)c1c(OC(F)(F)F)cc(=O)[nH]c1CF. The van der Waals surface area contributed by atoms with Gasteiger partial charge in [-0.3, -0.25) is 4.79 Å². The predicted molar refractivity (Wildman–Crippen MR) is 49.9 cm³/mol. The monoisotopic (exact) mass is 269 g/mol. The number of nitrogens with one attached hydrogen (secondary N) is 1.